The number of aliphatic hydroxyl groups excluding tert-OH is 1. The molecule has 3 atom stereocenters. The molecule has 2 aliphatic rings. The van der Waals surface area contributed by atoms with Crippen LogP contribution in [0.25, 0.3) is 0 Å². The van der Waals surface area contributed by atoms with E-state index >= 15 is 0 Å². The summed E-state index contributed by atoms with van der Waals surface area (Å²) in [4.78, 5) is 7.09. The van der Waals surface area contributed by atoms with Gasteiger partial charge in [0.2, 0.25) is 0 Å². The van der Waals surface area contributed by atoms with E-state index in [1.54, 1.807) is 0 Å². The minimum absolute atomic E-state index is 0.0573. The minimum Gasteiger partial charge on any atom is -0.511 e. The molecule has 0 radical (unpaired) electrons. The first-order chi connectivity index (χ1) is 17.4. The van der Waals surface area contributed by atoms with Crippen molar-refractivity contribution in [1.29, 1.82) is 0 Å². The number of nitrogens with zero attached hydrogens (tertiary/aromatic N) is 2. The van der Waals surface area contributed by atoms with Crippen molar-refractivity contribution in [2.45, 2.75) is 83.6 Å². The predicted molar refractivity (Wildman–Crippen MR) is 146 cm³/mol. The van der Waals surface area contributed by atoms with Crippen LogP contribution < -0.4 is 5.32 Å². The maximum Gasteiger partial charge on any atom is 0.129 e. The molecule has 1 fully saturated rings. The number of nitrogens with one attached hydrogen (secondary N) is 1. The Morgan fingerprint density at radius 2 is 1.97 bits per heavy atom. The maximum absolute atomic E-state index is 10.6. The van der Waals surface area contributed by atoms with Crippen molar-refractivity contribution in [3.05, 3.63) is 71.1 Å². The van der Waals surface area contributed by atoms with Gasteiger partial charge in [-0.05, 0) is 82.1 Å². The lowest BCUT2D eigenvalue weighted by Crippen LogP contribution is -2.30. The molecular formula is C30H43N3O3. The van der Waals surface area contributed by atoms with E-state index in [0.29, 0.717) is 0 Å². The van der Waals surface area contributed by atoms with Crippen LogP contribution in [0, 0.1) is 0 Å². The molecule has 36 heavy (non-hydrogen) atoms. The van der Waals surface area contributed by atoms with Gasteiger partial charge in [0.05, 0.1) is 24.4 Å². The maximum atomic E-state index is 10.6. The molecule has 0 saturated carbocycles. The zero-order valence-corrected chi connectivity index (χ0v) is 22.2. The van der Waals surface area contributed by atoms with Gasteiger partial charge in [-0.25, -0.2) is 4.98 Å². The zero-order valence-electron chi connectivity index (χ0n) is 22.2. The van der Waals surface area contributed by atoms with E-state index in [1.165, 1.54) is 12.0 Å². The van der Waals surface area contributed by atoms with Crippen LogP contribution in [0.4, 0.5) is 5.82 Å². The molecule has 0 spiro atoms. The largest absolute Gasteiger partial charge is 0.511 e. The fourth-order valence-corrected chi connectivity index (χ4v) is 5.49. The van der Waals surface area contributed by atoms with Crippen LogP contribution in [0.1, 0.15) is 81.0 Å². The molecule has 1 aromatic carbocycles. The average molecular weight is 494 g/mol. The van der Waals surface area contributed by atoms with Crippen molar-refractivity contribution in [2.75, 3.05) is 31.6 Å². The van der Waals surface area contributed by atoms with Crippen molar-refractivity contribution < 1.29 is 14.6 Å². The third-order valence-electron chi connectivity index (χ3n) is 7.19. The van der Waals surface area contributed by atoms with Gasteiger partial charge in [-0.1, -0.05) is 36.9 Å². The molecule has 2 aromatic rings. The second-order valence-corrected chi connectivity index (χ2v) is 10.4. The van der Waals surface area contributed by atoms with Gasteiger partial charge >= 0.3 is 0 Å². The molecule has 6 heteroatoms. The molecule has 2 aliphatic heterocycles. The Morgan fingerprint density at radius 3 is 2.75 bits per heavy atom. The second-order valence-electron chi connectivity index (χ2n) is 10.4. The Kier molecular flexibility index (Phi) is 9.41. The number of hydrogen-bond donors (Lipinski definition) is 2. The molecule has 2 N–H and O–H groups in total. The van der Waals surface area contributed by atoms with E-state index in [4.69, 9.17) is 14.5 Å². The van der Waals surface area contributed by atoms with Gasteiger partial charge in [0, 0.05) is 31.9 Å². The normalized spacial score (nSPS) is 19.6. The van der Waals surface area contributed by atoms with Crippen LogP contribution in [-0.4, -0.2) is 53.4 Å². The number of rotatable bonds is 12. The van der Waals surface area contributed by atoms with Gasteiger partial charge in [-0.2, -0.15) is 0 Å². The summed E-state index contributed by atoms with van der Waals surface area (Å²) in [6.07, 6.45) is 6.60. The van der Waals surface area contributed by atoms with Gasteiger partial charge in [0.1, 0.15) is 11.6 Å². The standard InChI is InChI=1S/C30H43N3O3/c1-21(2)36-23(4)27-12-5-6-13-28(27)29(22(3)34)33-18-16-26(20-33)35-19-8-7-11-25-15-14-24-10-9-17-31-30(24)32-25/h5-6,12-15,21,23,26,29,34H,3,7-11,16-20H2,1-2,4H3,(H,31,32)/t23-,26-,29+/m1/s1. The summed E-state index contributed by atoms with van der Waals surface area (Å²) >= 11 is 0. The summed E-state index contributed by atoms with van der Waals surface area (Å²) in [6.45, 7) is 13.5. The summed E-state index contributed by atoms with van der Waals surface area (Å²) in [5.74, 6) is 1.25. The minimum atomic E-state index is -0.253. The monoisotopic (exact) mass is 493 g/mol. The number of benzene rings is 1. The van der Waals surface area contributed by atoms with Crippen LogP contribution in [0.15, 0.2) is 48.7 Å². The zero-order chi connectivity index (χ0) is 25.5. The number of aromatic nitrogens is 1. The lowest BCUT2D eigenvalue weighted by atomic mass is 9.95. The number of aliphatic hydroxyl groups is 1. The highest BCUT2D eigenvalue weighted by Crippen LogP contribution is 2.35. The summed E-state index contributed by atoms with van der Waals surface area (Å²) in [6, 6.07) is 12.4. The topological polar surface area (TPSA) is 66.9 Å². The van der Waals surface area contributed by atoms with Gasteiger partial charge in [0.25, 0.3) is 0 Å². The Morgan fingerprint density at radius 1 is 1.17 bits per heavy atom. The lowest BCUT2D eigenvalue weighted by molar-refractivity contribution is 0.0164. The fraction of sp³-hybridized carbons (Fsp3) is 0.567. The molecule has 0 bridgehead atoms. The molecule has 1 aromatic heterocycles. The Labute approximate surface area is 216 Å². The average Bonchev–Trinajstić information content (AvgIpc) is 3.31. The number of aryl methyl sites for hydroxylation is 2. The third kappa shape index (κ3) is 6.87. The van der Waals surface area contributed by atoms with Crippen LogP contribution in [-0.2, 0) is 22.3 Å². The van der Waals surface area contributed by atoms with Crippen LogP contribution in [0.3, 0.4) is 0 Å². The van der Waals surface area contributed by atoms with Crippen molar-refractivity contribution in [3.63, 3.8) is 0 Å². The van der Waals surface area contributed by atoms with E-state index in [9.17, 15) is 5.11 Å². The Bertz CT molecular complexity index is 1010. The summed E-state index contributed by atoms with van der Waals surface area (Å²) in [5.41, 5.74) is 4.66. The van der Waals surface area contributed by atoms with E-state index in [0.717, 1.165) is 81.0 Å². The second kappa shape index (κ2) is 12.7. The number of pyridine rings is 1. The number of unbranched alkanes of at least 4 members (excludes halogenated alkanes) is 1. The lowest BCUT2D eigenvalue weighted by Gasteiger charge is -2.30. The van der Waals surface area contributed by atoms with E-state index < -0.39 is 0 Å². The third-order valence-corrected chi connectivity index (χ3v) is 7.19. The number of ether oxygens (including phenoxy) is 2. The fourth-order valence-electron chi connectivity index (χ4n) is 5.49. The highest BCUT2D eigenvalue weighted by molar-refractivity contribution is 5.47. The first kappa shape index (κ1) is 26.6. The van der Waals surface area contributed by atoms with E-state index in [-0.39, 0.29) is 30.1 Å². The van der Waals surface area contributed by atoms with Gasteiger partial charge in [0.15, 0.2) is 0 Å². The molecule has 6 nitrogen and oxygen atoms in total. The summed E-state index contributed by atoms with van der Waals surface area (Å²) in [5, 5.41) is 14.0. The first-order valence-corrected chi connectivity index (χ1v) is 13.6. The van der Waals surface area contributed by atoms with Crippen LogP contribution in [0.2, 0.25) is 0 Å². The number of likely N-dealkylation sites (tertiary alicyclic amines) is 1. The van der Waals surface area contributed by atoms with Crippen molar-refractivity contribution in [1.82, 2.24) is 9.88 Å². The van der Waals surface area contributed by atoms with Crippen molar-refractivity contribution in [2.24, 2.45) is 0 Å². The number of hydrogen-bond acceptors (Lipinski definition) is 6. The van der Waals surface area contributed by atoms with Crippen LogP contribution in [0.5, 0.6) is 0 Å². The summed E-state index contributed by atoms with van der Waals surface area (Å²) < 4.78 is 12.3. The molecule has 3 heterocycles. The van der Waals surface area contributed by atoms with Gasteiger partial charge in [-0.3, -0.25) is 4.90 Å². The molecule has 0 unspecified atom stereocenters. The van der Waals surface area contributed by atoms with Crippen molar-refractivity contribution in [3.8, 4) is 0 Å². The highest BCUT2D eigenvalue weighted by Gasteiger charge is 2.33. The molecule has 1 saturated heterocycles. The first-order valence-electron chi connectivity index (χ1n) is 13.6. The van der Waals surface area contributed by atoms with Crippen molar-refractivity contribution >= 4 is 5.82 Å². The van der Waals surface area contributed by atoms with E-state index in [2.05, 4.69) is 48.0 Å². The molecule has 0 aliphatic carbocycles. The summed E-state index contributed by atoms with van der Waals surface area (Å²) in [7, 11) is 0. The Balaban J connectivity index is 1.26. The molecule has 196 valence electrons. The number of anilines is 1. The quantitative estimate of drug-likeness (QED) is 0.273. The smallest absolute Gasteiger partial charge is 0.129 e. The highest BCUT2D eigenvalue weighted by atomic mass is 16.5. The van der Waals surface area contributed by atoms with Crippen LogP contribution >= 0.6 is 0 Å². The number of fused-ring (bicyclic) bond motifs is 1. The molecule has 0 amide bonds. The van der Waals surface area contributed by atoms with Gasteiger partial charge < -0.3 is 19.9 Å². The van der Waals surface area contributed by atoms with E-state index in [1.807, 2.05) is 26.0 Å². The SMILES string of the molecule is C=C(O)[C@@H](c1ccccc1[C@@H](C)OC(C)C)N1CC[C@@H](OCCCCc2ccc3c(n2)NCCC3)C1. The molecule has 4 rings (SSSR count). The molecular weight excluding hydrogens is 450 g/mol. The predicted octanol–water partition coefficient (Wildman–Crippen LogP) is 6.15. The Hall–Kier alpha value is -2.41. The van der Waals surface area contributed by atoms with Gasteiger partial charge in [-0.15, -0.1) is 0 Å².